The van der Waals surface area contributed by atoms with Gasteiger partial charge in [-0.25, -0.2) is 0 Å². The van der Waals surface area contributed by atoms with Crippen molar-refractivity contribution in [2.45, 2.75) is 19.4 Å². The van der Waals surface area contributed by atoms with Crippen molar-refractivity contribution in [3.05, 3.63) is 47.5 Å². The standard InChI is InChI=1S/C13H15NO/c1-9-3-2-4-10(7-9)13(15)11-5-6-12(14)8-11/h2-7,11-12H,8,14H2,1H3. The van der Waals surface area contributed by atoms with Gasteiger partial charge >= 0.3 is 0 Å². The summed E-state index contributed by atoms with van der Waals surface area (Å²) in [6.45, 7) is 1.99. The first-order chi connectivity index (χ1) is 7.16. The van der Waals surface area contributed by atoms with Gasteiger partial charge in [0, 0.05) is 17.5 Å². The molecule has 1 aliphatic rings. The number of aryl methyl sites for hydroxylation is 1. The van der Waals surface area contributed by atoms with E-state index >= 15 is 0 Å². The van der Waals surface area contributed by atoms with E-state index in [1.54, 1.807) is 0 Å². The van der Waals surface area contributed by atoms with Crippen molar-refractivity contribution in [3.8, 4) is 0 Å². The Morgan fingerprint density at radius 1 is 1.40 bits per heavy atom. The molecule has 2 N–H and O–H groups in total. The lowest BCUT2D eigenvalue weighted by Crippen LogP contribution is -2.19. The monoisotopic (exact) mass is 201 g/mol. The number of hydrogen-bond donors (Lipinski definition) is 1. The number of allylic oxidation sites excluding steroid dienone is 1. The van der Waals surface area contributed by atoms with E-state index in [4.69, 9.17) is 5.73 Å². The zero-order valence-corrected chi connectivity index (χ0v) is 8.81. The average Bonchev–Trinajstić information content (AvgIpc) is 2.64. The van der Waals surface area contributed by atoms with E-state index in [0.29, 0.717) is 0 Å². The third-order valence-corrected chi connectivity index (χ3v) is 2.76. The van der Waals surface area contributed by atoms with Crippen molar-refractivity contribution >= 4 is 5.78 Å². The fourth-order valence-electron chi connectivity index (χ4n) is 1.93. The molecular formula is C13H15NO. The van der Waals surface area contributed by atoms with Gasteiger partial charge in [-0.3, -0.25) is 4.79 Å². The highest BCUT2D eigenvalue weighted by atomic mass is 16.1. The summed E-state index contributed by atoms with van der Waals surface area (Å²) in [5.74, 6) is 0.157. The molecule has 2 heteroatoms. The molecule has 0 heterocycles. The number of benzene rings is 1. The van der Waals surface area contributed by atoms with Gasteiger partial charge in [-0.05, 0) is 19.4 Å². The van der Waals surface area contributed by atoms with Gasteiger partial charge < -0.3 is 5.73 Å². The molecular weight excluding hydrogens is 186 g/mol. The quantitative estimate of drug-likeness (QED) is 0.588. The number of rotatable bonds is 2. The summed E-state index contributed by atoms with van der Waals surface area (Å²) in [4.78, 5) is 12.0. The Morgan fingerprint density at radius 2 is 2.20 bits per heavy atom. The molecule has 1 aliphatic carbocycles. The largest absolute Gasteiger partial charge is 0.324 e. The van der Waals surface area contributed by atoms with Gasteiger partial charge in [0.1, 0.15) is 0 Å². The number of carbonyl (C=O) groups is 1. The van der Waals surface area contributed by atoms with Crippen LogP contribution < -0.4 is 5.73 Å². The fourth-order valence-corrected chi connectivity index (χ4v) is 1.93. The van der Waals surface area contributed by atoms with Gasteiger partial charge in [-0.2, -0.15) is 0 Å². The SMILES string of the molecule is Cc1cccc(C(=O)C2C=CC(N)C2)c1. The number of ketones is 1. The number of nitrogens with two attached hydrogens (primary N) is 1. The van der Waals surface area contributed by atoms with Gasteiger partial charge in [0.05, 0.1) is 0 Å². The molecule has 0 saturated heterocycles. The highest BCUT2D eigenvalue weighted by Crippen LogP contribution is 2.21. The van der Waals surface area contributed by atoms with Gasteiger partial charge in [-0.15, -0.1) is 0 Å². The first kappa shape index (κ1) is 10.1. The maximum Gasteiger partial charge on any atom is 0.169 e. The molecule has 0 radical (unpaired) electrons. The van der Waals surface area contributed by atoms with Gasteiger partial charge in [-0.1, -0.05) is 35.9 Å². The lowest BCUT2D eigenvalue weighted by atomic mass is 9.95. The van der Waals surface area contributed by atoms with Crippen molar-refractivity contribution in [1.29, 1.82) is 0 Å². The molecule has 0 aromatic heterocycles. The van der Waals surface area contributed by atoms with Crippen LogP contribution in [0.15, 0.2) is 36.4 Å². The molecule has 0 saturated carbocycles. The summed E-state index contributed by atoms with van der Waals surface area (Å²) in [5, 5.41) is 0. The second-order valence-corrected chi connectivity index (χ2v) is 4.12. The zero-order valence-electron chi connectivity index (χ0n) is 8.81. The van der Waals surface area contributed by atoms with Crippen LogP contribution in [0.2, 0.25) is 0 Å². The molecule has 2 atom stereocenters. The molecule has 1 aromatic carbocycles. The highest BCUT2D eigenvalue weighted by Gasteiger charge is 2.23. The predicted octanol–water partition coefficient (Wildman–Crippen LogP) is 2.08. The minimum Gasteiger partial charge on any atom is -0.324 e. The molecule has 2 rings (SSSR count). The zero-order chi connectivity index (χ0) is 10.8. The molecule has 78 valence electrons. The summed E-state index contributed by atoms with van der Waals surface area (Å²) >= 11 is 0. The van der Waals surface area contributed by atoms with Crippen LogP contribution >= 0.6 is 0 Å². The molecule has 15 heavy (non-hydrogen) atoms. The van der Waals surface area contributed by atoms with Crippen LogP contribution in [0.4, 0.5) is 0 Å². The molecule has 2 unspecified atom stereocenters. The smallest absolute Gasteiger partial charge is 0.169 e. The van der Waals surface area contributed by atoms with E-state index in [1.807, 2.05) is 43.3 Å². The maximum atomic E-state index is 12.0. The third kappa shape index (κ3) is 2.16. The Bertz CT molecular complexity index is 409. The Kier molecular flexibility index (Phi) is 2.69. The Balaban J connectivity index is 2.18. The van der Waals surface area contributed by atoms with Gasteiger partial charge in [0.25, 0.3) is 0 Å². The van der Waals surface area contributed by atoms with E-state index in [1.165, 1.54) is 0 Å². The van der Waals surface area contributed by atoms with Crippen molar-refractivity contribution in [1.82, 2.24) is 0 Å². The normalized spacial score (nSPS) is 24.4. The fraction of sp³-hybridized carbons (Fsp3) is 0.308. The lowest BCUT2D eigenvalue weighted by Gasteiger charge is -2.08. The van der Waals surface area contributed by atoms with Gasteiger partial charge in [0.2, 0.25) is 0 Å². The van der Waals surface area contributed by atoms with Crippen LogP contribution in [0.3, 0.4) is 0 Å². The number of hydrogen-bond acceptors (Lipinski definition) is 2. The third-order valence-electron chi connectivity index (χ3n) is 2.76. The van der Waals surface area contributed by atoms with E-state index in [-0.39, 0.29) is 17.7 Å². The molecule has 0 aliphatic heterocycles. The number of Topliss-reactive ketones (excluding diaryl/α,β-unsaturated/α-hetero) is 1. The molecule has 2 nitrogen and oxygen atoms in total. The average molecular weight is 201 g/mol. The summed E-state index contributed by atoms with van der Waals surface area (Å²) in [6, 6.07) is 7.75. The Labute approximate surface area is 89.8 Å². The molecule has 0 bridgehead atoms. The van der Waals surface area contributed by atoms with Crippen LogP contribution in [0.5, 0.6) is 0 Å². The first-order valence-corrected chi connectivity index (χ1v) is 5.21. The Hall–Kier alpha value is -1.41. The minimum atomic E-state index is -0.0261. The number of carbonyl (C=O) groups excluding carboxylic acids is 1. The van der Waals surface area contributed by atoms with E-state index in [2.05, 4.69) is 0 Å². The maximum absolute atomic E-state index is 12.0. The Morgan fingerprint density at radius 3 is 2.80 bits per heavy atom. The predicted molar refractivity (Wildman–Crippen MR) is 60.7 cm³/mol. The molecule has 1 aromatic rings. The van der Waals surface area contributed by atoms with Crippen molar-refractivity contribution in [2.75, 3.05) is 0 Å². The van der Waals surface area contributed by atoms with E-state index in [9.17, 15) is 4.79 Å². The van der Waals surface area contributed by atoms with E-state index in [0.717, 1.165) is 17.5 Å². The topological polar surface area (TPSA) is 43.1 Å². The summed E-state index contributed by atoms with van der Waals surface area (Å²) < 4.78 is 0. The second-order valence-electron chi connectivity index (χ2n) is 4.12. The van der Waals surface area contributed by atoms with E-state index < -0.39 is 0 Å². The second kappa shape index (κ2) is 3.99. The molecule has 0 spiro atoms. The minimum absolute atomic E-state index is 0.0261. The van der Waals surface area contributed by atoms with Crippen LogP contribution in [-0.4, -0.2) is 11.8 Å². The summed E-state index contributed by atoms with van der Waals surface area (Å²) in [7, 11) is 0. The van der Waals surface area contributed by atoms with Gasteiger partial charge in [0.15, 0.2) is 5.78 Å². The van der Waals surface area contributed by atoms with Crippen molar-refractivity contribution in [3.63, 3.8) is 0 Å². The van der Waals surface area contributed by atoms with Crippen LogP contribution in [0, 0.1) is 12.8 Å². The summed E-state index contributed by atoms with van der Waals surface area (Å²) in [5.41, 5.74) is 7.64. The van der Waals surface area contributed by atoms with Crippen LogP contribution in [0.1, 0.15) is 22.3 Å². The van der Waals surface area contributed by atoms with Crippen LogP contribution in [0.25, 0.3) is 0 Å². The summed E-state index contributed by atoms with van der Waals surface area (Å²) in [6.07, 6.45) is 4.58. The molecule has 0 amide bonds. The highest BCUT2D eigenvalue weighted by molar-refractivity contribution is 5.99. The van der Waals surface area contributed by atoms with Crippen molar-refractivity contribution < 1.29 is 4.79 Å². The lowest BCUT2D eigenvalue weighted by molar-refractivity contribution is 0.0943. The molecule has 0 fully saturated rings. The van der Waals surface area contributed by atoms with Crippen molar-refractivity contribution in [2.24, 2.45) is 11.7 Å². The first-order valence-electron chi connectivity index (χ1n) is 5.21. The van der Waals surface area contributed by atoms with Crippen LogP contribution in [-0.2, 0) is 0 Å².